The number of hydrogen-bond donors (Lipinski definition) is 3. The van der Waals surface area contributed by atoms with Crippen LogP contribution in [-0.4, -0.2) is 75.1 Å². The maximum atomic E-state index is 13.2. The predicted molar refractivity (Wildman–Crippen MR) is 141 cm³/mol. The van der Waals surface area contributed by atoms with Gasteiger partial charge in [0, 0.05) is 55.3 Å². The van der Waals surface area contributed by atoms with Crippen LogP contribution in [0.4, 0.5) is 5.95 Å². The van der Waals surface area contributed by atoms with E-state index < -0.39 is 17.4 Å². The normalized spacial score (nSPS) is 17.6. The summed E-state index contributed by atoms with van der Waals surface area (Å²) in [7, 11) is 0. The summed E-state index contributed by atoms with van der Waals surface area (Å²) >= 11 is 1.55. The summed E-state index contributed by atoms with van der Waals surface area (Å²) in [5.41, 5.74) is 1.70. The number of nitrogens with zero attached hydrogens (tertiary/aromatic N) is 4. The molecule has 5 heterocycles. The number of imide groups is 1. The molecule has 2 aliphatic heterocycles. The lowest BCUT2D eigenvalue weighted by Gasteiger charge is -2.37. The van der Waals surface area contributed by atoms with Crippen LogP contribution in [0, 0.1) is 0 Å². The molecule has 3 N–H and O–H groups in total. The van der Waals surface area contributed by atoms with Crippen molar-refractivity contribution in [2.45, 2.75) is 19.4 Å². The minimum Gasteiger partial charge on any atom is -0.389 e. The van der Waals surface area contributed by atoms with Gasteiger partial charge in [-0.25, -0.2) is 9.97 Å². The van der Waals surface area contributed by atoms with Crippen molar-refractivity contribution in [1.29, 1.82) is 0 Å². The molecule has 0 spiro atoms. The van der Waals surface area contributed by atoms with Gasteiger partial charge in [-0.05, 0) is 31.4 Å². The van der Waals surface area contributed by atoms with Crippen molar-refractivity contribution in [3.05, 3.63) is 53.2 Å². The molecule has 2 amide bonds. The highest BCUT2D eigenvalue weighted by Crippen LogP contribution is 2.38. The van der Waals surface area contributed by atoms with Crippen LogP contribution in [0.1, 0.15) is 25.1 Å². The van der Waals surface area contributed by atoms with E-state index in [1.807, 2.05) is 49.6 Å². The van der Waals surface area contributed by atoms with Gasteiger partial charge in [0.25, 0.3) is 11.8 Å². The van der Waals surface area contributed by atoms with Gasteiger partial charge in [0.2, 0.25) is 5.95 Å². The molecule has 2 aliphatic rings. The van der Waals surface area contributed by atoms with Crippen molar-refractivity contribution in [3.8, 4) is 0 Å². The summed E-state index contributed by atoms with van der Waals surface area (Å²) in [6.45, 7) is 7.13. The highest BCUT2D eigenvalue weighted by molar-refractivity contribution is 7.16. The zero-order chi connectivity index (χ0) is 25.0. The van der Waals surface area contributed by atoms with Crippen molar-refractivity contribution in [3.63, 3.8) is 0 Å². The Bertz CT molecular complexity index is 1540. The van der Waals surface area contributed by atoms with Gasteiger partial charge in [0.1, 0.15) is 4.83 Å². The van der Waals surface area contributed by atoms with Crippen LogP contribution in [0.3, 0.4) is 0 Å². The molecule has 1 saturated heterocycles. The Morgan fingerprint density at radius 1 is 1.00 bits per heavy atom. The molecule has 184 valence electrons. The largest absolute Gasteiger partial charge is 0.389 e. The maximum Gasteiger partial charge on any atom is 0.261 e. The smallest absolute Gasteiger partial charge is 0.261 e. The lowest BCUT2D eigenvalue weighted by atomic mass is 9.97. The molecule has 1 aromatic carbocycles. The SMILES string of the molecule is CC(C)(O)CN1CCN(c2nc(C3=C(c4c[nH]c5sccc45)C(=O)NC3=O)c3ccccc3n2)CC1. The molecule has 0 atom stereocenters. The van der Waals surface area contributed by atoms with E-state index in [1.54, 1.807) is 17.5 Å². The number of H-pyrrole nitrogens is 1. The Morgan fingerprint density at radius 2 is 1.75 bits per heavy atom. The van der Waals surface area contributed by atoms with E-state index >= 15 is 0 Å². The monoisotopic (exact) mass is 502 g/mol. The standard InChI is InChI=1S/C26H26N6O3S/c1-26(2,35)14-31-8-10-32(11-9-31)25-28-18-6-4-3-5-16(18)21(29-25)20-19(22(33)30-23(20)34)17-13-27-24-15(17)7-12-36-24/h3-7,12-13,27,35H,8-11,14H2,1-2H3,(H,30,33,34). The fourth-order valence-electron chi connectivity index (χ4n) is 5.04. The minimum atomic E-state index is -0.758. The van der Waals surface area contributed by atoms with Gasteiger partial charge in [-0.1, -0.05) is 18.2 Å². The third kappa shape index (κ3) is 3.97. The fraction of sp³-hybridized carbons (Fsp3) is 0.308. The Morgan fingerprint density at radius 3 is 2.53 bits per heavy atom. The second kappa shape index (κ2) is 8.51. The predicted octanol–water partition coefficient (Wildman–Crippen LogP) is 2.63. The second-order valence-corrected chi connectivity index (χ2v) is 10.8. The molecule has 0 bridgehead atoms. The van der Waals surface area contributed by atoms with E-state index in [0.29, 0.717) is 47.9 Å². The molecule has 0 aliphatic carbocycles. The highest BCUT2D eigenvalue weighted by Gasteiger charge is 2.36. The van der Waals surface area contributed by atoms with Crippen LogP contribution in [0.25, 0.3) is 32.3 Å². The van der Waals surface area contributed by atoms with Crippen molar-refractivity contribution < 1.29 is 14.7 Å². The third-order valence-electron chi connectivity index (χ3n) is 6.60. The molecule has 1 fully saturated rings. The number of β-amino-alcohol motifs (C(OH)–C–C–N with tert-alkyl or cyclic N) is 1. The number of anilines is 1. The first kappa shape index (κ1) is 22.8. The summed E-state index contributed by atoms with van der Waals surface area (Å²) in [5, 5.41) is 16.2. The number of carbonyl (C=O) groups excluding carboxylic acids is 2. The summed E-state index contributed by atoms with van der Waals surface area (Å²) in [6.07, 6.45) is 1.78. The van der Waals surface area contributed by atoms with E-state index in [-0.39, 0.29) is 5.57 Å². The molecule has 9 nitrogen and oxygen atoms in total. The zero-order valence-electron chi connectivity index (χ0n) is 20.0. The minimum absolute atomic E-state index is 0.271. The lowest BCUT2D eigenvalue weighted by Crippen LogP contribution is -2.51. The van der Waals surface area contributed by atoms with Crippen LogP contribution in [0.2, 0.25) is 0 Å². The van der Waals surface area contributed by atoms with Gasteiger partial charge in [-0.3, -0.25) is 19.8 Å². The molecule has 36 heavy (non-hydrogen) atoms. The Balaban J connectivity index is 1.46. The average Bonchev–Trinajstić information content (AvgIpc) is 3.52. The van der Waals surface area contributed by atoms with Crippen LogP contribution in [0.15, 0.2) is 41.9 Å². The Kier molecular flexibility index (Phi) is 5.40. The third-order valence-corrected chi connectivity index (χ3v) is 7.44. The number of piperazine rings is 1. The number of thiophene rings is 1. The van der Waals surface area contributed by atoms with Gasteiger partial charge in [-0.2, -0.15) is 0 Å². The number of rotatable bonds is 5. The topological polar surface area (TPSA) is 114 Å². The molecular formula is C26H26N6O3S. The van der Waals surface area contributed by atoms with E-state index in [2.05, 4.69) is 20.1 Å². The number of para-hydroxylation sites is 1. The number of amides is 2. The molecule has 6 rings (SSSR count). The van der Waals surface area contributed by atoms with Crippen LogP contribution < -0.4 is 10.2 Å². The molecule has 0 saturated carbocycles. The molecule has 4 aromatic rings. The maximum absolute atomic E-state index is 13.2. The zero-order valence-corrected chi connectivity index (χ0v) is 20.9. The molecule has 10 heteroatoms. The van der Waals surface area contributed by atoms with Crippen LogP contribution >= 0.6 is 11.3 Å². The number of aliphatic hydroxyl groups is 1. The number of carbonyl (C=O) groups is 2. The number of aromatic nitrogens is 3. The number of fused-ring (bicyclic) bond motifs is 2. The van der Waals surface area contributed by atoms with Crippen molar-refractivity contribution in [1.82, 2.24) is 25.2 Å². The van der Waals surface area contributed by atoms with E-state index in [0.717, 1.165) is 28.7 Å². The molecular weight excluding hydrogens is 476 g/mol. The van der Waals surface area contributed by atoms with Crippen molar-refractivity contribution in [2.24, 2.45) is 0 Å². The summed E-state index contributed by atoms with van der Waals surface area (Å²) in [4.78, 5) is 44.4. The van der Waals surface area contributed by atoms with Gasteiger partial charge < -0.3 is 15.0 Å². The van der Waals surface area contributed by atoms with Crippen LogP contribution in [-0.2, 0) is 9.59 Å². The van der Waals surface area contributed by atoms with E-state index in [4.69, 9.17) is 9.97 Å². The second-order valence-electron chi connectivity index (χ2n) is 9.86. The molecule has 0 unspecified atom stereocenters. The van der Waals surface area contributed by atoms with Gasteiger partial charge >= 0.3 is 0 Å². The van der Waals surface area contributed by atoms with Gasteiger partial charge in [0.05, 0.1) is 28.0 Å². The van der Waals surface area contributed by atoms with Crippen molar-refractivity contribution in [2.75, 3.05) is 37.6 Å². The number of benzene rings is 1. The van der Waals surface area contributed by atoms with E-state index in [9.17, 15) is 14.7 Å². The van der Waals surface area contributed by atoms with Crippen molar-refractivity contribution >= 4 is 61.4 Å². The van der Waals surface area contributed by atoms with E-state index in [1.165, 1.54) is 0 Å². The first-order valence-electron chi connectivity index (χ1n) is 11.9. The number of nitrogens with one attached hydrogen (secondary N) is 2. The lowest BCUT2D eigenvalue weighted by molar-refractivity contribution is -0.122. The fourth-order valence-corrected chi connectivity index (χ4v) is 5.82. The van der Waals surface area contributed by atoms with Gasteiger partial charge in [0.15, 0.2) is 0 Å². The Labute approximate surface area is 211 Å². The number of hydrogen-bond acceptors (Lipinski definition) is 8. The summed E-state index contributed by atoms with van der Waals surface area (Å²) < 4.78 is 0. The Hall–Kier alpha value is -3.60. The molecule has 0 radical (unpaired) electrons. The average molecular weight is 503 g/mol. The summed E-state index contributed by atoms with van der Waals surface area (Å²) in [6, 6.07) is 9.51. The van der Waals surface area contributed by atoms with Crippen LogP contribution in [0.5, 0.6) is 0 Å². The molecule has 3 aromatic heterocycles. The highest BCUT2D eigenvalue weighted by atomic mass is 32.1. The summed E-state index contributed by atoms with van der Waals surface area (Å²) in [5.74, 6) is -0.351. The first-order valence-corrected chi connectivity index (χ1v) is 12.8. The quantitative estimate of drug-likeness (QED) is 0.360. The first-order chi connectivity index (χ1) is 17.3. The van der Waals surface area contributed by atoms with Gasteiger partial charge in [-0.15, -0.1) is 11.3 Å². The number of aromatic amines is 1.